The van der Waals surface area contributed by atoms with Crippen LogP contribution in [0.1, 0.15) is 31.2 Å². The number of nitrogens with zero attached hydrogens (tertiary/aromatic N) is 3. The highest BCUT2D eigenvalue weighted by Crippen LogP contribution is 2.25. The number of piperidine rings is 1. The van der Waals surface area contributed by atoms with Crippen LogP contribution in [0.2, 0.25) is 0 Å². The highest BCUT2D eigenvalue weighted by Gasteiger charge is 2.42. The number of rotatable bonds is 7. The summed E-state index contributed by atoms with van der Waals surface area (Å²) in [6.07, 6.45) is 3.59. The van der Waals surface area contributed by atoms with Crippen LogP contribution < -0.4 is 0 Å². The maximum absolute atomic E-state index is 13.4. The third-order valence-corrected chi connectivity index (χ3v) is 5.59. The lowest BCUT2D eigenvalue weighted by molar-refractivity contribution is -0.159. The van der Waals surface area contributed by atoms with Crippen LogP contribution in [0.3, 0.4) is 0 Å². The van der Waals surface area contributed by atoms with E-state index >= 15 is 0 Å². The predicted molar refractivity (Wildman–Crippen MR) is 99.1 cm³/mol. The van der Waals surface area contributed by atoms with Crippen molar-refractivity contribution in [3.05, 3.63) is 35.4 Å². The summed E-state index contributed by atoms with van der Waals surface area (Å²) in [5, 5.41) is 11.0. The number of hydrogen-bond donors (Lipinski definition) is 1. The van der Waals surface area contributed by atoms with Gasteiger partial charge in [-0.15, -0.1) is 0 Å². The standard InChI is InChI=1S/C20H29F2N3O2/c1-23(11-12-24-8-2-3-9-24)15-20(27)7-4-10-25(19(20)26)14-16-5-6-17(21)18(22)13-16/h5-6,13,27H,2-4,7-12,14-15H2,1H3/t20-/m0/s1. The summed E-state index contributed by atoms with van der Waals surface area (Å²) in [4.78, 5) is 18.8. The van der Waals surface area contributed by atoms with Crippen molar-refractivity contribution in [3.8, 4) is 0 Å². The molecular formula is C20H29F2N3O2. The van der Waals surface area contributed by atoms with Gasteiger partial charge in [-0.2, -0.15) is 0 Å². The normalized spacial score (nSPS) is 24.2. The molecule has 0 aromatic heterocycles. The molecule has 150 valence electrons. The topological polar surface area (TPSA) is 47.0 Å². The minimum Gasteiger partial charge on any atom is -0.379 e. The Morgan fingerprint density at radius 1 is 1.15 bits per heavy atom. The van der Waals surface area contributed by atoms with Gasteiger partial charge in [-0.25, -0.2) is 8.78 Å². The molecule has 1 atom stereocenters. The molecule has 2 saturated heterocycles. The maximum atomic E-state index is 13.4. The van der Waals surface area contributed by atoms with E-state index in [1.54, 1.807) is 4.90 Å². The Morgan fingerprint density at radius 3 is 2.59 bits per heavy atom. The Balaban J connectivity index is 1.57. The Hall–Kier alpha value is -1.57. The number of likely N-dealkylation sites (N-methyl/N-ethyl adjacent to an activating group) is 1. The average Bonchev–Trinajstić information content (AvgIpc) is 3.14. The van der Waals surface area contributed by atoms with Crippen LogP contribution in [0, 0.1) is 11.6 Å². The van der Waals surface area contributed by atoms with Crippen molar-refractivity contribution in [2.45, 2.75) is 37.8 Å². The van der Waals surface area contributed by atoms with Crippen LogP contribution in [0.4, 0.5) is 8.78 Å². The Bertz CT molecular complexity index is 667. The number of hydrogen-bond acceptors (Lipinski definition) is 4. The molecular weight excluding hydrogens is 352 g/mol. The summed E-state index contributed by atoms with van der Waals surface area (Å²) in [7, 11) is 1.93. The predicted octanol–water partition coefficient (Wildman–Crippen LogP) is 1.85. The SMILES string of the molecule is CN(CCN1CCCC1)C[C@@]1(O)CCCN(Cc2ccc(F)c(F)c2)C1=O. The van der Waals surface area contributed by atoms with Crippen LogP contribution in [0.25, 0.3) is 0 Å². The van der Waals surface area contributed by atoms with Crippen molar-refractivity contribution in [2.24, 2.45) is 0 Å². The van der Waals surface area contributed by atoms with Crippen LogP contribution in [-0.4, -0.2) is 77.6 Å². The molecule has 1 aromatic rings. The summed E-state index contributed by atoms with van der Waals surface area (Å²) in [5.41, 5.74) is -0.898. The first-order chi connectivity index (χ1) is 12.9. The highest BCUT2D eigenvalue weighted by atomic mass is 19.2. The fourth-order valence-corrected chi connectivity index (χ4v) is 4.07. The Labute approximate surface area is 159 Å². The monoisotopic (exact) mass is 381 g/mol. The van der Waals surface area contributed by atoms with Crippen molar-refractivity contribution < 1.29 is 18.7 Å². The second-order valence-electron chi connectivity index (χ2n) is 7.90. The summed E-state index contributed by atoms with van der Waals surface area (Å²) in [5.74, 6) is -2.15. The number of halogens is 2. The molecule has 1 N–H and O–H groups in total. The number of benzene rings is 1. The molecule has 5 nitrogen and oxygen atoms in total. The third kappa shape index (κ3) is 5.03. The van der Waals surface area contributed by atoms with E-state index in [2.05, 4.69) is 4.90 Å². The molecule has 0 aliphatic carbocycles. The van der Waals surface area contributed by atoms with Gasteiger partial charge in [0.25, 0.3) is 5.91 Å². The van der Waals surface area contributed by atoms with Crippen LogP contribution in [0.15, 0.2) is 18.2 Å². The molecule has 0 unspecified atom stereocenters. The largest absolute Gasteiger partial charge is 0.379 e. The van der Waals surface area contributed by atoms with Gasteiger partial charge in [0.15, 0.2) is 17.2 Å². The lowest BCUT2D eigenvalue weighted by Crippen LogP contribution is -2.58. The van der Waals surface area contributed by atoms with E-state index in [-0.39, 0.29) is 19.0 Å². The van der Waals surface area contributed by atoms with Gasteiger partial charge in [-0.3, -0.25) is 4.79 Å². The molecule has 0 saturated carbocycles. The second-order valence-corrected chi connectivity index (χ2v) is 7.90. The zero-order chi connectivity index (χ0) is 19.4. The van der Waals surface area contributed by atoms with Gasteiger partial charge in [0.2, 0.25) is 0 Å². The first-order valence-electron chi connectivity index (χ1n) is 9.74. The molecule has 2 fully saturated rings. The van der Waals surface area contributed by atoms with E-state index in [1.807, 2.05) is 11.9 Å². The molecule has 0 bridgehead atoms. The van der Waals surface area contributed by atoms with Crippen LogP contribution in [0.5, 0.6) is 0 Å². The molecule has 3 rings (SSSR count). The quantitative estimate of drug-likeness (QED) is 0.783. The van der Waals surface area contributed by atoms with E-state index in [9.17, 15) is 18.7 Å². The third-order valence-electron chi connectivity index (χ3n) is 5.59. The van der Waals surface area contributed by atoms with Crippen molar-refractivity contribution in [3.63, 3.8) is 0 Å². The van der Waals surface area contributed by atoms with Gasteiger partial charge < -0.3 is 19.8 Å². The van der Waals surface area contributed by atoms with Crippen LogP contribution in [-0.2, 0) is 11.3 Å². The van der Waals surface area contributed by atoms with Crippen molar-refractivity contribution in [1.82, 2.24) is 14.7 Å². The highest BCUT2D eigenvalue weighted by molar-refractivity contribution is 5.86. The summed E-state index contributed by atoms with van der Waals surface area (Å²) >= 11 is 0. The average molecular weight is 381 g/mol. The van der Waals surface area contributed by atoms with Gasteiger partial charge in [0.1, 0.15) is 0 Å². The molecule has 27 heavy (non-hydrogen) atoms. The van der Waals surface area contributed by atoms with Crippen molar-refractivity contribution >= 4 is 5.91 Å². The number of carbonyl (C=O) groups excluding carboxylic acids is 1. The zero-order valence-corrected chi connectivity index (χ0v) is 16.0. The summed E-state index contributed by atoms with van der Waals surface area (Å²) < 4.78 is 26.5. The first-order valence-corrected chi connectivity index (χ1v) is 9.74. The fourth-order valence-electron chi connectivity index (χ4n) is 4.07. The number of carbonyl (C=O) groups is 1. The van der Waals surface area contributed by atoms with E-state index in [1.165, 1.54) is 18.9 Å². The van der Waals surface area contributed by atoms with E-state index in [0.717, 1.165) is 38.3 Å². The van der Waals surface area contributed by atoms with E-state index in [0.29, 0.717) is 24.9 Å². The van der Waals surface area contributed by atoms with Gasteiger partial charge in [0, 0.05) is 32.7 Å². The van der Waals surface area contributed by atoms with Gasteiger partial charge in [0.05, 0.1) is 0 Å². The lowest BCUT2D eigenvalue weighted by Gasteiger charge is -2.40. The smallest absolute Gasteiger partial charge is 0.256 e. The molecule has 2 aliphatic heterocycles. The molecule has 2 heterocycles. The van der Waals surface area contributed by atoms with E-state index in [4.69, 9.17) is 0 Å². The Kier molecular flexibility index (Phi) is 6.44. The molecule has 0 spiro atoms. The summed E-state index contributed by atoms with van der Waals surface area (Å²) in [6, 6.07) is 3.65. The molecule has 2 aliphatic rings. The number of likely N-dealkylation sites (tertiary alicyclic amines) is 2. The summed E-state index contributed by atoms with van der Waals surface area (Å²) in [6.45, 7) is 4.97. The molecule has 1 amide bonds. The number of aliphatic hydroxyl groups is 1. The Morgan fingerprint density at radius 2 is 1.89 bits per heavy atom. The molecule has 7 heteroatoms. The van der Waals surface area contributed by atoms with Crippen LogP contribution >= 0.6 is 0 Å². The van der Waals surface area contributed by atoms with Gasteiger partial charge >= 0.3 is 0 Å². The van der Waals surface area contributed by atoms with Crippen molar-refractivity contribution in [2.75, 3.05) is 46.3 Å². The van der Waals surface area contributed by atoms with Gasteiger partial charge in [-0.1, -0.05) is 6.07 Å². The molecule has 0 radical (unpaired) electrons. The zero-order valence-electron chi connectivity index (χ0n) is 16.0. The van der Waals surface area contributed by atoms with Gasteiger partial charge in [-0.05, 0) is 63.5 Å². The second kappa shape index (κ2) is 8.63. The van der Waals surface area contributed by atoms with Crippen molar-refractivity contribution in [1.29, 1.82) is 0 Å². The minimum absolute atomic E-state index is 0.176. The fraction of sp³-hybridized carbons (Fsp3) is 0.650. The lowest BCUT2D eigenvalue weighted by atomic mass is 9.91. The number of amides is 1. The maximum Gasteiger partial charge on any atom is 0.256 e. The minimum atomic E-state index is -1.42. The molecule has 1 aromatic carbocycles. The first kappa shape index (κ1) is 20.2. The van der Waals surface area contributed by atoms with E-state index < -0.39 is 17.2 Å².